The van der Waals surface area contributed by atoms with Crippen molar-refractivity contribution in [2.75, 3.05) is 13.7 Å². The van der Waals surface area contributed by atoms with Crippen molar-refractivity contribution in [3.8, 4) is 5.75 Å². The van der Waals surface area contributed by atoms with Gasteiger partial charge in [-0.25, -0.2) is 0 Å². The Bertz CT molecular complexity index is 589. The summed E-state index contributed by atoms with van der Waals surface area (Å²) >= 11 is 0. The zero-order valence-corrected chi connectivity index (χ0v) is 12.9. The van der Waals surface area contributed by atoms with Crippen molar-refractivity contribution in [2.45, 2.75) is 26.8 Å². The van der Waals surface area contributed by atoms with E-state index < -0.39 is 0 Å². The fourth-order valence-corrected chi connectivity index (χ4v) is 2.67. The predicted octanol–water partition coefficient (Wildman–Crippen LogP) is 2.74. The maximum Gasteiger partial charge on any atom is 0.124 e. The molecule has 1 aromatic heterocycles. The third-order valence-corrected chi connectivity index (χ3v) is 3.67. The molecule has 20 heavy (non-hydrogen) atoms. The molecule has 0 amide bonds. The Morgan fingerprint density at radius 1 is 1.30 bits per heavy atom. The quantitative estimate of drug-likeness (QED) is 0.910. The molecule has 1 unspecified atom stereocenters. The molecular weight excluding hydrogens is 250 g/mol. The number of aromatic nitrogens is 2. The van der Waals surface area contributed by atoms with E-state index in [0.29, 0.717) is 6.61 Å². The van der Waals surface area contributed by atoms with Gasteiger partial charge in [-0.1, -0.05) is 18.2 Å². The maximum absolute atomic E-state index is 5.76. The van der Waals surface area contributed by atoms with Crippen LogP contribution in [0.1, 0.15) is 35.5 Å². The summed E-state index contributed by atoms with van der Waals surface area (Å²) in [7, 11) is 3.95. The highest BCUT2D eigenvalue weighted by molar-refractivity contribution is 5.44. The van der Waals surface area contributed by atoms with Crippen molar-refractivity contribution >= 4 is 0 Å². The lowest BCUT2D eigenvalue weighted by Gasteiger charge is -2.20. The lowest BCUT2D eigenvalue weighted by atomic mass is 9.96. The highest BCUT2D eigenvalue weighted by Crippen LogP contribution is 2.32. The van der Waals surface area contributed by atoms with Crippen LogP contribution in [0, 0.1) is 13.8 Å². The third kappa shape index (κ3) is 2.56. The lowest BCUT2D eigenvalue weighted by Crippen LogP contribution is -2.20. The minimum Gasteiger partial charge on any atom is -0.494 e. The van der Waals surface area contributed by atoms with Gasteiger partial charge in [0.1, 0.15) is 5.75 Å². The number of nitrogens with zero attached hydrogens (tertiary/aromatic N) is 2. The fraction of sp³-hybridized carbons (Fsp3) is 0.438. The Kier molecular flexibility index (Phi) is 4.45. The van der Waals surface area contributed by atoms with Crippen molar-refractivity contribution in [1.29, 1.82) is 0 Å². The number of benzene rings is 1. The summed E-state index contributed by atoms with van der Waals surface area (Å²) in [6, 6.07) is 8.27. The van der Waals surface area contributed by atoms with Gasteiger partial charge >= 0.3 is 0 Å². The first-order valence-electron chi connectivity index (χ1n) is 6.99. The number of hydrogen-bond acceptors (Lipinski definition) is 3. The molecule has 108 valence electrons. The van der Waals surface area contributed by atoms with Crippen LogP contribution >= 0.6 is 0 Å². The zero-order chi connectivity index (χ0) is 14.7. The molecule has 0 bridgehead atoms. The SMILES string of the molecule is CCOc1ccccc1C(NC)c1c(C)nn(C)c1C. The van der Waals surface area contributed by atoms with Gasteiger partial charge in [-0.15, -0.1) is 0 Å². The minimum atomic E-state index is 0.0893. The summed E-state index contributed by atoms with van der Waals surface area (Å²) in [5.41, 5.74) is 4.60. The molecule has 1 heterocycles. The summed E-state index contributed by atoms with van der Waals surface area (Å²) in [4.78, 5) is 0. The van der Waals surface area contributed by atoms with Crippen LogP contribution in [0.25, 0.3) is 0 Å². The molecule has 4 nitrogen and oxygen atoms in total. The number of ether oxygens (including phenoxy) is 1. The second-order valence-corrected chi connectivity index (χ2v) is 4.90. The van der Waals surface area contributed by atoms with E-state index in [1.807, 2.05) is 43.9 Å². The molecule has 1 N–H and O–H groups in total. The van der Waals surface area contributed by atoms with Gasteiger partial charge in [0.05, 0.1) is 18.3 Å². The minimum absolute atomic E-state index is 0.0893. The van der Waals surface area contributed by atoms with Gasteiger partial charge in [-0.05, 0) is 33.9 Å². The number of nitrogens with one attached hydrogen (secondary N) is 1. The van der Waals surface area contributed by atoms with Crippen molar-refractivity contribution in [1.82, 2.24) is 15.1 Å². The van der Waals surface area contributed by atoms with Gasteiger partial charge in [0.15, 0.2) is 0 Å². The van der Waals surface area contributed by atoms with Gasteiger partial charge in [-0.2, -0.15) is 5.10 Å². The maximum atomic E-state index is 5.76. The van der Waals surface area contributed by atoms with E-state index in [2.05, 4.69) is 30.3 Å². The van der Waals surface area contributed by atoms with Crippen molar-refractivity contribution in [2.24, 2.45) is 7.05 Å². The largest absolute Gasteiger partial charge is 0.494 e. The van der Waals surface area contributed by atoms with Gasteiger partial charge in [0.2, 0.25) is 0 Å². The van der Waals surface area contributed by atoms with Crippen LogP contribution in [-0.2, 0) is 7.05 Å². The predicted molar refractivity (Wildman–Crippen MR) is 81.2 cm³/mol. The van der Waals surface area contributed by atoms with Crippen LogP contribution in [0.2, 0.25) is 0 Å². The molecule has 0 radical (unpaired) electrons. The zero-order valence-electron chi connectivity index (χ0n) is 12.9. The average molecular weight is 273 g/mol. The molecule has 2 rings (SSSR count). The Balaban J connectivity index is 2.52. The van der Waals surface area contributed by atoms with E-state index in [-0.39, 0.29) is 6.04 Å². The number of hydrogen-bond donors (Lipinski definition) is 1. The first-order valence-corrected chi connectivity index (χ1v) is 6.99. The molecule has 0 saturated heterocycles. The van der Waals surface area contributed by atoms with Crippen LogP contribution in [0.4, 0.5) is 0 Å². The van der Waals surface area contributed by atoms with E-state index in [4.69, 9.17) is 4.74 Å². The van der Waals surface area contributed by atoms with Crippen LogP contribution in [-0.4, -0.2) is 23.4 Å². The third-order valence-electron chi connectivity index (χ3n) is 3.67. The number of para-hydroxylation sites is 1. The van der Waals surface area contributed by atoms with E-state index >= 15 is 0 Å². The Labute approximate surface area is 120 Å². The summed E-state index contributed by atoms with van der Waals surface area (Å²) in [6.45, 7) is 6.82. The molecule has 0 fully saturated rings. The molecule has 0 spiro atoms. The van der Waals surface area contributed by atoms with Crippen LogP contribution in [0.3, 0.4) is 0 Å². The van der Waals surface area contributed by atoms with Crippen molar-refractivity contribution in [3.63, 3.8) is 0 Å². The highest BCUT2D eigenvalue weighted by Gasteiger charge is 2.23. The summed E-state index contributed by atoms with van der Waals surface area (Å²) in [5, 5.41) is 7.91. The average Bonchev–Trinajstić information content (AvgIpc) is 2.68. The first-order chi connectivity index (χ1) is 9.60. The fourth-order valence-electron chi connectivity index (χ4n) is 2.67. The van der Waals surface area contributed by atoms with Gasteiger partial charge in [-0.3, -0.25) is 4.68 Å². The van der Waals surface area contributed by atoms with E-state index in [0.717, 1.165) is 17.0 Å². The molecule has 4 heteroatoms. The molecule has 0 aliphatic heterocycles. The second-order valence-electron chi connectivity index (χ2n) is 4.90. The van der Waals surface area contributed by atoms with Crippen LogP contribution < -0.4 is 10.1 Å². The van der Waals surface area contributed by atoms with Gasteiger partial charge in [0, 0.05) is 23.9 Å². The topological polar surface area (TPSA) is 39.1 Å². The molecule has 2 aromatic rings. The molecule has 0 aliphatic carbocycles. The van der Waals surface area contributed by atoms with E-state index in [1.165, 1.54) is 11.3 Å². The number of aryl methyl sites for hydroxylation is 2. The molecule has 0 saturated carbocycles. The molecule has 1 atom stereocenters. The Hall–Kier alpha value is -1.81. The molecule has 1 aromatic carbocycles. The smallest absolute Gasteiger partial charge is 0.124 e. The van der Waals surface area contributed by atoms with E-state index in [1.54, 1.807) is 0 Å². The van der Waals surface area contributed by atoms with E-state index in [9.17, 15) is 0 Å². The summed E-state index contributed by atoms with van der Waals surface area (Å²) in [5.74, 6) is 0.928. The Morgan fingerprint density at radius 2 is 2.00 bits per heavy atom. The first kappa shape index (κ1) is 14.6. The lowest BCUT2D eigenvalue weighted by molar-refractivity contribution is 0.334. The molecule has 0 aliphatic rings. The molecular formula is C16H23N3O. The highest BCUT2D eigenvalue weighted by atomic mass is 16.5. The van der Waals surface area contributed by atoms with Crippen molar-refractivity contribution in [3.05, 3.63) is 46.8 Å². The van der Waals surface area contributed by atoms with Crippen LogP contribution in [0.5, 0.6) is 5.75 Å². The van der Waals surface area contributed by atoms with Crippen LogP contribution in [0.15, 0.2) is 24.3 Å². The van der Waals surface area contributed by atoms with Gasteiger partial charge < -0.3 is 10.1 Å². The Morgan fingerprint density at radius 3 is 2.55 bits per heavy atom. The normalized spacial score (nSPS) is 12.4. The monoisotopic (exact) mass is 273 g/mol. The standard InChI is InChI=1S/C16H23N3O/c1-6-20-14-10-8-7-9-13(14)16(17-4)15-11(2)18-19(5)12(15)3/h7-10,16-17H,6H2,1-5H3. The van der Waals surface area contributed by atoms with Gasteiger partial charge in [0.25, 0.3) is 0 Å². The summed E-state index contributed by atoms with van der Waals surface area (Å²) in [6.07, 6.45) is 0. The second kappa shape index (κ2) is 6.09. The van der Waals surface area contributed by atoms with Crippen molar-refractivity contribution < 1.29 is 4.74 Å². The summed E-state index contributed by atoms with van der Waals surface area (Å²) < 4.78 is 7.69. The number of rotatable bonds is 5.